The normalized spacial score (nSPS) is 14.4. The van der Waals surface area contributed by atoms with E-state index in [9.17, 15) is 9.90 Å². The van der Waals surface area contributed by atoms with Crippen molar-refractivity contribution in [2.45, 2.75) is 200 Å². The fraction of sp³-hybridized carbons (Fsp3) is 0.800. The SMILES string of the molecule is CCCCC/C=C\C/C=C\CCCCCCCCC(CCCCCCCC/C=C\C/C=C\CCCCC)OC(=O)CCCN1CC(CO)C1. The van der Waals surface area contributed by atoms with E-state index < -0.39 is 0 Å². The Morgan fingerprint density at radius 3 is 1.43 bits per heavy atom. The number of allylic oxidation sites excluding steroid dienone is 8. The molecular formula is C45H81NO3. The van der Waals surface area contributed by atoms with Crippen molar-refractivity contribution in [2.75, 3.05) is 26.2 Å². The van der Waals surface area contributed by atoms with E-state index in [1.165, 1.54) is 141 Å². The molecule has 0 spiro atoms. The van der Waals surface area contributed by atoms with Crippen LogP contribution in [0.25, 0.3) is 0 Å². The van der Waals surface area contributed by atoms with Crippen LogP contribution in [0, 0.1) is 5.92 Å². The standard InChI is InChI=1S/C45H81NO3/c1-3-5-7-9-11-13-15-17-19-21-23-25-27-29-31-33-36-44(49-45(48)38-35-39-46-40-43(41-46)42-47)37-34-32-30-28-26-24-22-20-18-16-14-12-10-8-6-4-2/h11-14,17-20,43-44,47H,3-10,15-16,21-42H2,1-2H3/b13-11-,14-12-,19-17-,20-18-. The van der Waals surface area contributed by atoms with E-state index in [0.29, 0.717) is 12.3 Å². The minimum absolute atomic E-state index is 0.00990. The van der Waals surface area contributed by atoms with Crippen LogP contribution in [0.2, 0.25) is 0 Å². The van der Waals surface area contributed by atoms with Gasteiger partial charge in [0.25, 0.3) is 0 Å². The highest BCUT2D eigenvalue weighted by molar-refractivity contribution is 5.69. The summed E-state index contributed by atoms with van der Waals surface area (Å²) >= 11 is 0. The smallest absolute Gasteiger partial charge is 0.306 e. The third-order valence-corrected chi connectivity index (χ3v) is 9.90. The van der Waals surface area contributed by atoms with Crippen molar-refractivity contribution in [3.8, 4) is 0 Å². The largest absolute Gasteiger partial charge is 0.462 e. The molecule has 1 rings (SSSR count). The van der Waals surface area contributed by atoms with Gasteiger partial charge in [-0.15, -0.1) is 0 Å². The van der Waals surface area contributed by atoms with Crippen LogP contribution in [0.3, 0.4) is 0 Å². The quantitative estimate of drug-likeness (QED) is 0.0406. The van der Waals surface area contributed by atoms with Gasteiger partial charge in [-0.1, -0.05) is 140 Å². The van der Waals surface area contributed by atoms with Gasteiger partial charge in [0.05, 0.1) is 0 Å². The number of hydrogen-bond donors (Lipinski definition) is 1. The number of carbonyl (C=O) groups is 1. The first-order valence-electron chi connectivity index (χ1n) is 21.3. The van der Waals surface area contributed by atoms with Crippen molar-refractivity contribution >= 4 is 5.97 Å². The second kappa shape index (κ2) is 36.2. The average molecular weight is 684 g/mol. The molecule has 0 amide bonds. The van der Waals surface area contributed by atoms with Crippen molar-refractivity contribution in [3.05, 3.63) is 48.6 Å². The van der Waals surface area contributed by atoms with Crippen LogP contribution in [0.1, 0.15) is 194 Å². The molecule has 0 aromatic carbocycles. The summed E-state index contributed by atoms with van der Waals surface area (Å²) in [4.78, 5) is 15.0. The third-order valence-electron chi connectivity index (χ3n) is 9.90. The molecular weight excluding hydrogens is 602 g/mol. The molecule has 0 bridgehead atoms. The molecule has 0 aromatic heterocycles. The van der Waals surface area contributed by atoms with Gasteiger partial charge in [0.1, 0.15) is 6.10 Å². The highest BCUT2D eigenvalue weighted by Crippen LogP contribution is 2.19. The summed E-state index contributed by atoms with van der Waals surface area (Å²) in [5, 5.41) is 9.23. The van der Waals surface area contributed by atoms with Crippen LogP contribution in [-0.4, -0.2) is 48.3 Å². The molecule has 0 atom stereocenters. The maximum Gasteiger partial charge on any atom is 0.306 e. The monoisotopic (exact) mass is 684 g/mol. The number of unbranched alkanes of at least 4 members (excludes halogenated alkanes) is 18. The second-order valence-electron chi connectivity index (χ2n) is 14.8. The molecule has 1 saturated heterocycles. The van der Waals surface area contributed by atoms with E-state index >= 15 is 0 Å². The Morgan fingerprint density at radius 1 is 0.592 bits per heavy atom. The Hall–Kier alpha value is -1.65. The summed E-state index contributed by atoms with van der Waals surface area (Å²) in [6.45, 7) is 7.67. The summed E-state index contributed by atoms with van der Waals surface area (Å²) in [6, 6.07) is 0. The Morgan fingerprint density at radius 2 is 1.00 bits per heavy atom. The van der Waals surface area contributed by atoms with E-state index in [1.807, 2.05) is 0 Å². The summed E-state index contributed by atoms with van der Waals surface area (Å²) < 4.78 is 6.05. The summed E-state index contributed by atoms with van der Waals surface area (Å²) in [5.41, 5.74) is 0. The van der Waals surface area contributed by atoms with Crippen molar-refractivity contribution in [1.29, 1.82) is 0 Å². The Labute approximate surface area is 305 Å². The van der Waals surface area contributed by atoms with E-state index in [0.717, 1.165) is 51.7 Å². The van der Waals surface area contributed by atoms with Crippen LogP contribution in [0.4, 0.5) is 0 Å². The van der Waals surface area contributed by atoms with E-state index in [2.05, 4.69) is 67.4 Å². The lowest BCUT2D eigenvalue weighted by Gasteiger charge is -2.38. The van der Waals surface area contributed by atoms with Gasteiger partial charge in [0, 0.05) is 32.0 Å². The van der Waals surface area contributed by atoms with Gasteiger partial charge in [0.15, 0.2) is 0 Å². The van der Waals surface area contributed by atoms with Crippen molar-refractivity contribution in [3.63, 3.8) is 0 Å². The van der Waals surface area contributed by atoms with Crippen LogP contribution in [0.5, 0.6) is 0 Å². The number of rotatable bonds is 36. The molecule has 0 radical (unpaired) electrons. The molecule has 4 heteroatoms. The zero-order valence-electron chi connectivity index (χ0n) is 32.6. The Kier molecular flexibility index (Phi) is 33.5. The molecule has 49 heavy (non-hydrogen) atoms. The molecule has 1 heterocycles. The first-order valence-corrected chi connectivity index (χ1v) is 21.3. The van der Waals surface area contributed by atoms with Crippen LogP contribution in [0.15, 0.2) is 48.6 Å². The topological polar surface area (TPSA) is 49.8 Å². The van der Waals surface area contributed by atoms with Crippen molar-refractivity contribution in [1.82, 2.24) is 4.90 Å². The number of aliphatic hydroxyl groups excluding tert-OH is 1. The fourth-order valence-corrected chi connectivity index (χ4v) is 6.65. The fourth-order valence-electron chi connectivity index (χ4n) is 6.65. The number of likely N-dealkylation sites (tertiary alicyclic amines) is 1. The minimum atomic E-state index is -0.00990. The molecule has 1 N–H and O–H groups in total. The number of nitrogens with zero attached hydrogens (tertiary/aromatic N) is 1. The molecule has 1 fully saturated rings. The van der Waals surface area contributed by atoms with Gasteiger partial charge < -0.3 is 14.7 Å². The van der Waals surface area contributed by atoms with Gasteiger partial charge in [-0.3, -0.25) is 4.79 Å². The molecule has 0 aromatic rings. The molecule has 0 aliphatic carbocycles. The first-order chi connectivity index (χ1) is 24.2. The van der Waals surface area contributed by atoms with Crippen LogP contribution < -0.4 is 0 Å². The number of aliphatic hydroxyl groups is 1. The Balaban J connectivity index is 2.16. The summed E-state index contributed by atoms with van der Waals surface area (Å²) in [5.74, 6) is 0.420. The zero-order chi connectivity index (χ0) is 35.3. The third kappa shape index (κ3) is 30.9. The van der Waals surface area contributed by atoms with Gasteiger partial charge in [-0.2, -0.15) is 0 Å². The van der Waals surface area contributed by atoms with Crippen molar-refractivity contribution in [2.24, 2.45) is 5.92 Å². The van der Waals surface area contributed by atoms with Gasteiger partial charge in [-0.05, 0) is 103 Å². The number of esters is 1. The van der Waals surface area contributed by atoms with E-state index in [4.69, 9.17) is 4.74 Å². The van der Waals surface area contributed by atoms with Gasteiger partial charge in [-0.25, -0.2) is 0 Å². The predicted molar refractivity (Wildman–Crippen MR) is 214 cm³/mol. The first kappa shape index (κ1) is 45.4. The van der Waals surface area contributed by atoms with Crippen LogP contribution >= 0.6 is 0 Å². The molecule has 0 unspecified atom stereocenters. The maximum absolute atomic E-state index is 12.7. The summed E-state index contributed by atoms with van der Waals surface area (Å²) in [7, 11) is 0. The van der Waals surface area contributed by atoms with Crippen LogP contribution in [-0.2, 0) is 9.53 Å². The highest BCUT2D eigenvalue weighted by atomic mass is 16.5. The predicted octanol–water partition coefficient (Wildman–Crippen LogP) is 13.0. The number of carbonyl (C=O) groups excluding carboxylic acids is 1. The zero-order valence-corrected chi connectivity index (χ0v) is 32.6. The molecule has 1 aliphatic heterocycles. The Bertz CT molecular complexity index is 777. The lowest BCUT2D eigenvalue weighted by atomic mass is 10.0. The summed E-state index contributed by atoms with van der Waals surface area (Å²) in [6.07, 6.45) is 52.4. The number of ether oxygens (including phenoxy) is 1. The molecule has 1 aliphatic rings. The average Bonchev–Trinajstić information content (AvgIpc) is 3.08. The van der Waals surface area contributed by atoms with Gasteiger partial charge >= 0.3 is 5.97 Å². The van der Waals surface area contributed by atoms with E-state index in [-0.39, 0.29) is 18.7 Å². The van der Waals surface area contributed by atoms with Crippen molar-refractivity contribution < 1.29 is 14.6 Å². The minimum Gasteiger partial charge on any atom is -0.462 e. The lowest BCUT2D eigenvalue weighted by molar-refractivity contribution is -0.150. The second-order valence-corrected chi connectivity index (χ2v) is 14.8. The lowest BCUT2D eigenvalue weighted by Crippen LogP contribution is -2.48. The molecule has 0 saturated carbocycles. The highest BCUT2D eigenvalue weighted by Gasteiger charge is 2.25. The number of hydrogen-bond acceptors (Lipinski definition) is 4. The maximum atomic E-state index is 12.7. The van der Waals surface area contributed by atoms with Gasteiger partial charge in [0.2, 0.25) is 0 Å². The molecule has 4 nitrogen and oxygen atoms in total. The molecule has 284 valence electrons. The van der Waals surface area contributed by atoms with E-state index in [1.54, 1.807) is 0 Å².